The smallest absolute Gasteiger partial charge is 0.119 e. The standard InChI is InChI=1S/C15H25NO2/c1-13(2)5-3-10-17-11-4-12-18-15-8-6-14(16)7-9-15/h6-9,13H,3-5,10-12,16H2,1-2H3. The van der Waals surface area contributed by atoms with Crippen molar-refractivity contribution >= 4 is 5.69 Å². The highest BCUT2D eigenvalue weighted by Gasteiger charge is 1.96. The highest BCUT2D eigenvalue weighted by Crippen LogP contribution is 2.13. The highest BCUT2D eigenvalue weighted by molar-refractivity contribution is 5.41. The Bertz CT molecular complexity index is 309. The lowest BCUT2D eigenvalue weighted by atomic mass is 10.1. The molecule has 0 amide bonds. The van der Waals surface area contributed by atoms with Gasteiger partial charge < -0.3 is 15.2 Å². The normalized spacial score (nSPS) is 10.8. The van der Waals surface area contributed by atoms with Crippen LogP contribution < -0.4 is 10.5 Å². The van der Waals surface area contributed by atoms with E-state index in [-0.39, 0.29) is 0 Å². The average Bonchev–Trinajstić information content (AvgIpc) is 2.34. The van der Waals surface area contributed by atoms with Gasteiger partial charge in [-0.3, -0.25) is 0 Å². The minimum absolute atomic E-state index is 0.689. The van der Waals surface area contributed by atoms with E-state index >= 15 is 0 Å². The second-order valence-corrected chi connectivity index (χ2v) is 4.92. The second-order valence-electron chi connectivity index (χ2n) is 4.92. The molecule has 0 unspecified atom stereocenters. The molecule has 2 N–H and O–H groups in total. The van der Waals surface area contributed by atoms with Crippen LogP contribution in [0, 0.1) is 5.92 Å². The Morgan fingerprint density at radius 2 is 1.67 bits per heavy atom. The van der Waals surface area contributed by atoms with E-state index in [2.05, 4.69) is 13.8 Å². The Labute approximate surface area is 110 Å². The van der Waals surface area contributed by atoms with Gasteiger partial charge in [0.2, 0.25) is 0 Å². The van der Waals surface area contributed by atoms with Crippen molar-refractivity contribution in [2.24, 2.45) is 5.92 Å². The Morgan fingerprint density at radius 1 is 1.00 bits per heavy atom. The first-order chi connectivity index (χ1) is 8.68. The molecule has 0 radical (unpaired) electrons. The third kappa shape index (κ3) is 7.17. The zero-order valence-corrected chi connectivity index (χ0v) is 11.5. The fourth-order valence-corrected chi connectivity index (χ4v) is 1.61. The predicted molar refractivity (Wildman–Crippen MR) is 75.9 cm³/mol. The molecule has 0 fully saturated rings. The van der Waals surface area contributed by atoms with E-state index in [0.29, 0.717) is 6.61 Å². The molecule has 0 atom stereocenters. The van der Waals surface area contributed by atoms with Crippen molar-refractivity contribution in [2.75, 3.05) is 25.6 Å². The second kappa shape index (κ2) is 8.81. The number of nitrogens with two attached hydrogens (primary N) is 1. The number of hydrogen-bond donors (Lipinski definition) is 1. The van der Waals surface area contributed by atoms with Crippen molar-refractivity contribution in [1.29, 1.82) is 0 Å². The lowest BCUT2D eigenvalue weighted by Gasteiger charge is -2.08. The maximum atomic E-state index is 5.60. The van der Waals surface area contributed by atoms with Gasteiger partial charge in [-0.2, -0.15) is 0 Å². The molecule has 0 saturated heterocycles. The van der Waals surface area contributed by atoms with Gasteiger partial charge in [0.25, 0.3) is 0 Å². The van der Waals surface area contributed by atoms with E-state index in [9.17, 15) is 0 Å². The number of rotatable bonds is 9. The molecule has 18 heavy (non-hydrogen) atoms. The highest BCUT2D eigenvalue weighted by atomic mass is 16.5. The van der Waals surface area contributed by atoms with Crippen LogP contribution in [0.3, 0.4) is 0 Å². The third-order valence-electron chi connectivity index (χ3n) is 2.65. The summed E-state index contributed by atoms with van der Waals surface area (Å²) in [5, 5.41) is 0. The van der Waals surface area contributed by atoms with Crippen LogP contribution in [0.4, 0.5) is 5.69 Å². The van der Waals surface area contributed by atoms with Crippen LogP contribution >= 0.6 is 0 Å². The van der Waals surface area contributed by atoms with Crippen LogP contribution in [0.25, 0.3) is 0 Å². The van der Waals surface area contributed by atoms with Gasteiger partial charge in [-0.1, -0.05) is 13.8 Å². The van der Waals surface area contributed by atoms with Crippen LogP contribution in [0.5, 0.6) is 5.75 Å². The molecule has 0 aliphatic carbocycles. The summed E-state index contributed by atoms with van der Waals surface area (Å²) in [6.07, 6.45) is 3.31. The Hall–Kier alpha value is -1.22. The van der Waals surface area contributed by atoms with Gasteiger partial charge in [-0.15, -0.1) is 0 Å². The Morgan fingerprint density at radius 3 is 2.33 bits per heavy atom. The lowest BCUT2D eigenvalue weighted by Crippen LogP contribution is -2.04. The molecule has 0 saturated carbocycles. The molecule has 0 spiro atoms. The molecule has 0 aliphatic rings. The van der Waals surface area contributed by atoms with Crippen molar-refractivity contribution in [3.8, 4) is 5.75 Å². The maximum absolute atomic E-state index is 5.60. The first-order valence-electron chi connectivity index (χ1n) is 6.74. The number of hydrogen-bond acceptors (Lipinski definition) is 3. The minimum Gasteiger partial charge on any atom is -0.494 e. The summed E-state index contributed by atoms with van der Waals surface area (Å²) in [6.45, 7) is 6.79. The molecule has 3 nitrogen and oxygen atoms in total. The van der Waals surface area contributed by atoms with E-state index in [1.165, 1.54) is 6.42 Å². The summed E-state index contributed by atoms with van der Waals surface area (Å²) >= 11 is 0. The van der Waals surface area contributed by atoms with Crippen LogP contribution in [-0.2, 0) is 4.74 Å². The van der Waals surface area contributed by atoms with Crippen LogP contribution in [0.15, 0.2) is 24.3 Å². The van der Waals surface area contributed by atoms with Crippen molar-refractivity contribution < 1.29 is 9.47 Å². The molecular weight excluding hydrogens is 226 g/mol. The van der Waals surface area contributed by atoms with Gasteiger partial charge in [-0.05, 0) is 43.0 Å². The largest absolute Gasteiger partial charge is 0.494 e. The van der Waals surface area contributed by atoms with Gasteiger partial charge in [0.1, 0.15) is 5.75 Å². The fourth-order valence-electron chi connectivity index (χ4n) is 1.61. The fraction of sp³-hybridized carbons (Fsp3) is 0.600. The number of ether oxygens (including phenoxy) is 2. The third-order valence-corrected chi connectivity index (χ3v) is 2.65. The molecule has 1 aromatic rings. The summed E-state index contributed by atoms with van der Waals surface area (Å²) in [5.74, 6) is 1.63. The minimum atomic E-state index is 0.689. The molecule has 102 valence electrons. The first kappa shape index (κ1) is 14.8. The van der Waals surface area contributed by atoms with Crippen LogP contribution in [0.1, 0.15) is 33.1 Å². The zero-order valence-electron chi connectivity index (χ0n) is 11.5. The Kier molecular flexibility index (Phi) is 7.26. The molecule has 0 aromatic heterocycles. The maximum Gasteiger partial charge on any atom is 0.119 e. The summed E-state index contributed by atoms with van der Waals surface area (Å²) in [6, 6.07) is 7.47. The lowest BCUT2D eigenvalue weighted by molar-refractivity contribution is 0.114. The van der Waals surface area contributed by atoms with Crippen molar-refractivity contribution in [3.05, 3.63) is 24.3 Å². The zero-order chi connectivity index (χ0) is 13.2. The molecular formula is C15H25NO2. The van der Waals surface area contributed by atoms with E-state index in [0.717, 1.165) is 43.4 Å². The van der Waals surface area contributed by atoms with Crippen molar-refractivity contribution in [3.63, 3.8) is 0 Å². The number of benzene rings is 1. The van der Waals surface area contributed by atoms with Crippen molar-refractivity contribution in [1.82, 2.24) is 0 Å². The van der Waals surface area contributed by atoms with Crippen LogP contribution in [0.2, 0.25) is 0 Å². The van der Waals surface area contributed by atoms with Gasteiger partial charge >= 0.3 is 0 Å². The van der Waals surface area contributed by atoms with Gasteiger partial charge in [0, 0.05) is 25.3 Å². The summed E-state index contributed by atoms with van der Waals surface area (Å²) in [7, 11) is 0. The molecule has 0 heterocycles. The topological polar surface area (TPSA) is 44.5 Å². The van der Waals surface area contributed by atoms with Crippen molar-refractivity contribution in [2.45, 2.75) is 33.1 Å². The van der Waals surface area contributed by atoms with E-state index in [1.54, 1.807) is 0 Å². The first-order valence-corrected chi connectivity index (χ1v) is 6.74. The predicted octanol–water partition coefficient (Wildman–Crippen LogP) is 3.49. The number of nitrogen functional groups attached to an aromatic ring is 1. The van der Waals surface area contributed by atoms with Gasteiger partial charge in [-0.25, -0.2) is 0 Å². The SMILES string of the molecule is CC(C)CCCOCCCOc1ccc(N)cc1. The van der Waals surface area contributed by atoms with Gasteiger partial charge in [0.15, 0.2) is 0 Å². The molecule has 1 rings (SSSR count). The molecule has 1 aromatic carbocycles. The summed E-state index contributed by atoms with van der Waals surface area (Å²) in [4.78, 5) is 0. The monoisotopic (exact) mass is 251 g/mol. The summed E-state index contributed by atoms with van der Waals surface area (Å²) in [5.41, 5.74) is 6.36. The number of anilines is 1. The van der Waals surface area contributed by atoms with E-state index < -0.39 is 0 Å². The van der Waals surface area contributed by atoms with Crippen LogP contribution in [-0.4, -0.2) is 19.8 Å². The molecule has 0 bridgehead atoms. The molecule has 0 aliphatic heterocycles. The quantitative estimate of drug-likeness (QED) is 0.539. The summed E-state index contributed by atoms with van der Waals surface area (Å²) < 4.78 is 11.1. The van der Waals surface area contributed by atoms with E-state index in [1.807, 2.05) is 24.3 Å². The molecule has 3 heteroatoms. The Balaban J connectivity index is 1.94. The average molecular weight is 251 g/mol. The van der Waals surface area contributed by atoms with Gasteiger partial charge in [0.05, 0.1) is 6.61 Å². The van der Waals surface area contributed by atoms with E-state index in [4.69, 9.17) is 15.2 Å².